The molecule has 0 aromatic heterocycles. The Bertz CT molecular complexity index is 11.6. The molecule has 0 heterocycles. The third kappa shape index (κ3) is 284. The van der Waals surface area contributed by atoms with E-state index in [1.165, 1.54) is 0 Å². The Hall–Kier alpha value is 0.280. The van der Waals surface area contributed by atoms with Crippen molar-refractivity contribution in [1.29, 1.82) is 0 Å². The van der Waals surface area contributed by atoms with Crippen molar-refractivity contribution in [3.8, 4) is 0 Å². The van der Waals surface area contributed by atoms with Crippen molar-refractivity contribution >= 4 is 10.9 Å². The van der Waals surface area contributed by atoms with E-state index in [1.54, 1.807) is 0 Å². The van der Waals surface area contributed by atoms with Gasteiger partial charge in [-0.2, -0.15) is 0 Å². The van der Waals surface area contributed by atoms with Crippen LogP contribution in [0.4, 0.5) is 0 Å². The van der Waals surface area contributed by atoms with E-state index in [2.05, 4.69) is 18.8 Å². The maximum atomic E-state index is 2.19. The van der Waals surface area contributed by atoms with Crippen molar-refractivity contribution < 1.29 is 4.70 Å². The lowest BCUT2D eigenvalue weighted by Crippen LogP contribution is -3.00. The first kappa shape index (κ1) is 8.99. The maximum absolute atomic E-state index is 2.19. The van der Waals surface area contributed by atoms with Gasteiger partial charge in [-0.3, -0.25) is 0 Å². The summed E-state index contributed by atoms with van der Waals surface area (Å²) >= 11 is 0. The fraction of sp³-hybridized carbons (Fsp3) is 1.00. The normalized spacial score (nSPS) is 7.20. The van der Waals surface area contributed by atoms with Gasteiger partial charge in [-0.05, 0) is 10.9 Å². The van der Waals surface area contributed by atoms with Crippen LogP contribution in [-0.4, -0.2) is 18.8 Å². The van der Waals surface area contributed by atoms with Crippen LogP contribution in [0.2, 0.25) is 0 Å². The quantitative estimate of drug-likeness (QED) is 0.292. The Morgan fingerprint density at radius 2 is 1.00 bits per heavy atom. The summed E-state index contributed by atoms with van der Waals surface area (Å²) in [5.41, 5.74) is 0. The highest BCUT2D eigenvalue weighted by atomic mass is 32.2. The Kier molecular flexibility index (Phi) is 7.70. The lowest BCUT2D eigenvalue weighted by Gasteiger charge is -1.69. The molecule has 0 amide bonds. The average molecular weight is 96.2 g/mol. The maximum Gasteiger partial charge on any atom is 0.0969 e. The molecule has 0 N–H and O–H groups in total. The highest BCUT2D eigenvalue weighted by Gasteiger charge is 1.77. The molecule has 0 aromatic rings. The molecule has 0 aliphatic rings. The minimum atomic E-state index is 0. The second kappa shape index (κ2) is 4.28. The average Bonchev–Trinajstić information content (AvgIpc) is 0.811. The minimum Gasteiger partial charge on any atom is -1.00 e. The summed E-state index contributed by atoms with van der Waals surface area (Å²) in [6.45, 7) is 0. The Balaban J connectivity index is 0. The van der Waals surface area contributed by atoms with Crippen LogP contribution >= 0.6 is 0 Å². The smallest absolute Gasteiger partial charge is 0.0969 e. The fourth-order valence-corrected chi connectivity index (χ4v) is 0. The summed E-state index contributed by atoms with van der Waals surface area (Å²) in [6.07, 6.45) is 6.58. The van der Waals surface area contributed by atoms with Crippen molar-refractivity contribution in [2.75, 3.05) is 18.8 Å². The van der Waals surface area contributed by atoms with E-state index >= 15 is 0 Å². The zero-order valence-corrected chi connectivity index (χ0v) is 4.60. The monoisotopic (exact) mass is 96.0 g/mol. The summed E-state index contributed by atoms with van der Waals surface area (Å²) in [6, 6.07) is 0. The predicted molar refractivity (Wildman–Crippen MR) is 25.1 cm³/mol. The van der Waals surface area contributed by atoms with E-state index in [9.17, 15) is 0 Å². The van der Waals surface area contributed by atoms with Gasteiger partial charge in [0.1, 0.15) is 0 Å². The van der Waals surface area contributed by atoms with Gasteiger partial charge in [-0.15, -0.1) is 0 Å². The van der Waals surface area contributed by atoms with Crippen LogP contribution in [0.1, 0.15) is 0 Å². The van der Waals surface area contributed by atoms with Crippen molar-refractivity contribution in [2.45, 2.75) is 0 Å². The molecule has 0 aliphatic heterocycles. The van der Waals surface area contributed by atoms with Crippen LogP contribution < -0.4 is 4.70 Å². The van der Waals surface area contributed by atoms with E-state index < -0.39 is 0 Å². The van der Waals surface area contributed by atoms with Gasteiger partial charge in [-0.1, -0.05) is 0 Å². The van der Waals surface area contributed by atoms with Gasteiger partial charge >= 0.3 is 0 Å². The van der Waals surface area contributed by atoms with Gasteiger partial charge in [-0.25, -0.2) is 0 Å². The summed E-state index contributed by atoms with van der Waals surface area (Å²) < 4.78 is 0. The summed E-state index contributed by atoms with van der Waals surface area (Å²) in [7, 11) is 0.639. The van der Waals surface area contributed by atoms with Crippen molar-refractivity contribution in [3.63, 3.8) is 0 Å². The molecule has 0 saturated heterocycles. The SMILES string of the molecule is C[S+](C)C.[F-]. The Morgan fingerprint density at radius 1 is 1.00 bits per heavy atom. The van der Waals surface area contributed by atoms with E-state index in [1.807, 2.05) is 0 Å². The predicted octanol–water partition coefficient (Wildman–Crippen LogP) is -2.50. The number of halogens is 1. The molecule has 34 valence electrons. The van der Waals surface area contributed by atoms with Crippen LogP contribution in [0, 0.1) is 0 Å². The van der Waals surface area contributed by atoms with Crippen LogP contribution in [0.5, 0.6) is 0 Å². The highest BCUT2D eigenvalue weighted by Crippen LogP contribution is 1.63. The third-order valence-corrected chi connectivity index (χ3v) is 0. The molecule has 0 atom stereocenters. The van der Waals surface area contributed by atoms with Gasteiger partial charge < -0.3 is 4.70 Å². The molecule has 0 nitrogen and oxygen atoms in total. The minimum absolute atomic E-state index is 0. The molecular weight excluding hydrogens is 87.1 g/mol. The molecule has 2 heteroatoms. The second-order valence-corrected chi connectivity index (χ2v) is 3.67. The topological polar surface area (TPSA) is 0 Å². The third-order valence-electron chi connectivity index (χ3n) is 0. The molecule has 0 unspecified atom stereocenters. The van der Waals surface area contributed by atoms with E-state index in [4.69, 9.17) is 0 Å². The second-order valence-electron chi connectivity index (χ2n) is 1.22. The van der Waals surface area contributed by atoms with Crippen molar-refractivity contribution in [1.82, 2.24) is 0 Å². The molecule has 0 radical (unpaired) electrons. The van der Waals surface area contributed by atoms with Crippen LogP contribution in [-0.2, 0) is 10.9 Å². The molecule has 0 aliphatic carbocycles. The largest absolute Gasteiger partial charge is 1.00 e. The first-order valence-corrected chi connectivity index (χ1v) is 3.67. The number of rotatable bonds is 0. The van der Waals surface area contributed by atoms with Gasteiger partial charge in [0, 0.05) is 0 Å². The lowest BCUT2D eigenvalue weighted by atomic mass is 11.9. The summed E-state index contributed by atoms with van der Waals surface area (Å²) in [4.78, 5) is 0. The Morgan fingerprint density at radius 3 is 1.00 bits per heavy atom. The molecular formula is C3H9FS. The molecule has 0 fully saturated rings. The van der Waals surface area contributed by atoms with Gasteiger partial charge in [0.2, 0.25) is 0 Å². The first-order valence-electron chi connectivity index (χ1n) is 1.22. The van der Waals surface area contributed by atoms with Crippen LogP contribution in [0.3, 0.4) is 0 Å². The summed E-state index contributed by atoms with van der Waals surface area (Å²) in [5, 5.41) is 0. The summed E-state index contributed by atoms with van der Waals surface area (Å²) in [5.74, 6) is 0. The molecule has 0 aromatic carbocycles. The van der Waals surface area contributed by atoms with E-state index in [-0.39, 0.29) is 4.70 Å². The van der Waals surface area contributed by atoms with Crippen molar-refractivity contribution in [2.24, 2.45) is 0 Å². The van der Waals surface area contributed by atoms with Gasteiger partial charge in [0.25, 0.3) is 0 Å². The molecule has 5 heavy (non-hydrogen) atoms. The van der Waals surface area contributed by atoms with Gasteiger partial charge in [0.15, 0.2) is 0 Å². The zero-order valence-electron chi connectivity index (χ0n) is 3.79. The van der Waals surface area contributed by atoms with Gasteiger partial charge in [0.05, 0.1) is 18.8 Å². The molecule has 0 rings (SSSR count). The zero-order chi connectivity index (χ0) is 3.58. The fourth-order valence-electron chi connectivity index (χ4n) is 0. The molecule has 0 spiro atoms. The van der Waals surface area contributed by atoms with Crippen LogP contribution in [0.25, 0.3) is 0 Å². The van der Waals surface area contributed by atoms with E-state index in [0.29, 0.717) is 10.9 Å². The Labute approximate surface area is 35.3 Å². The van der Waals surface area contributed by atoms with E-state index in [0.717, 1.165) is 0 Å². The lowest BCUT2D eigenvalue weighted by molar-refractivity contribution is -0.00000109. The molecule has 0 bridgehead atoms. The number of hydrogen-bond donors (Lipinski definition) is 0. The standard InChI is InChI=1S/C3H9S.FH/c1-4(2)3;/h1-3H3;1H/q+1;/p-1. The number of hydrogen-bond acceptors (Lipinski definition) is 0. The first-order chi connectivity index (χ1) is 1.73. The highest BCUT2D eigenvalue weighted by molar-refractivity contribution is 7.94. The van der Waals surface area contributed by atoms with Crippen molar-refractivity contribution in [3.05, 3.63) is 0 Å². The van der Waals surface area contributed by atoms with Crippen LogP contribution in [0.15, 0.2) is 0 Å². The molecule has 0 saturated carbocycles.